The number of urea groups is 1. The third-order valence-electron chi connectivity index (χ3n) is 5.86. The summed E-state index contributed by atoms with van der Waals surface area (Å²) in [6, 6.07) is 14.7. The van der Waals surface area contributed by atoms with Crippen molar-refractivity contribution in [3.63, 3.8) is 0 Å². The number of aliphatic hydroxyl groups excluding tert-OH is 1. The van der Waals surface area contributed by atoms with Gasteiger partial charge < -0.3 is 20.1 Å². The molecule has 6 nitrogen and oxygen atoms in total. The average Bonchev–Trinajstić information content (AvgIpc) is 3.19. The minimum absolute atomic E-state index is 0.0710. The zero-order valence-corrected chi connectivity index (χ0v) is 20.4. The van der Waals surface area contributed by atoms with Gasteiger partial charge in [0.25, 0.3) is 0 Å². The van der Waals surface area contributed by atoms with E-state index in [9.17, 15) is 14.7 Å². The molecule has 1 saturated heterocycles. The quantitative estimate of drug-likeness (QED) is 0.601. The van der Waals surface area contributed by atoms with Gasteiger partial charge in [0, 0.05) is 26.6 Å². The molecule has 2 unspecified atom stereocenters. The Morgan fingerprint density at radius 1 is 1.09 bits per heavy atom. The Morgan fingerprint density at radius 2 is 1.72 bits per heavy atom. The average molecular weight is 455 g/mol. The number of nitrogens with zero attached hydrogens (tertiary/aromatic N) is 1. The number of benzene rings is 2. The maximum Gasteiger partial charge on any atom is 0.318 e. The standard InChI is InChI=1S/C25H34N2O4Si/c1-31-17-19-5-9-20(10-6-19)24(26-25(30)27-14-13-21(28)16-27)23(29)15-18-7-11-22(12-8-18)32(2,3)4/h5-12,21,24,28H,13-17H2,1-4H3,(H,26,30). The summed E-state index contributed by atoms with van der Waals surface area (Å²) in [6.45, 7) is 8.14. The highest BCUT2D eigenvalue weighted by molar-refractivity contribution is 6.88. The van der Waals surface area contributed by atoms with Gasteiger partial charge >= 0.3 is 6.03 Å². The Kier molecular flexibility index (Phi) is 7.87. The topological polar surface area (TPSA) is 78.9 Å². The molecule has 2 aromatic rings. The molecule has 0 saturated carbocycles. The summed E-state index contributed by atoms with van der Waals surface area (Å²) >= 11 is 0. The molecule has 1 aliphatic rings. The molecule has 7 heteroatoms. The molecular weight excluding hydrogens is 420 g/mol. The number of methoxy groups -OCH3 is 1. The summed E-state index contributed by atoms with van der Waals surface area (Å²) in [5, 5.41) is 14.0. The van der Waals surface area contributed by atoms with E-state index in [1.54, 1.807) is 12.0 Å². The van der Waals surface area contributed by atoms with Crippen LogP contribution < -0.4 is 10.5 Å². The lowest BCUT2D eigenvalue weighted by molar-refractivity contribution is -0.120. The molecule has 0 radical (unpaired) electrons. The molecule has 0 aromatic heterocycles. The molecule has 2 atom stereocenters. The van der Waals surface area contributed by atoms with Crippen molar-refractivity contribution < 1.29 is 19.4 Å². The third-order valence-corrected chi connectivity index (χ3v) is 7.93. The van der Waals surface area contributed by atoms with Crippen LogP contribution in [0.1, 0.15) is 29.2 Å². The van der Waals surface area contributed by atoms with Crippen LogP contribution in [0.3, 0.4) is 0 Å². The lowest BCUT2D eigenvalue weighted by Crippen LogP contribution is -2.43. The molecule has 0 aliphatic carbocycles. The first-order valence-corrected chi connectivity index (χ1v) is 14.6. The van der Waals surface area contributed by atoms with Crippen LogP contribution >= 0.6 is 0 Å². The highest BCUT2D eigenvalue weighted by Gasteiger charge is 2.29. The van der Waals surface area contributed by atoms with Crippen LogP contribution in [-0.2, 0) is 22.6 Å². The van der Waals surface area contributed by atoms with Crippen LogP contribution in [0.2, 0.25) is 19.6 Å². The maximum absolute atomic E-state index is 13.3. The summed E-state index contributed by atoms with van der Waals surface area (Å²) < 4.78 is 5.17. The van der Waals surface area contributed by atoms with Crippen LogP contribution in [0.5, 0.6) is 0 Å². The fraction of sp³-hybridized carbons (Fsp3) is 0.440. The number of likely N-dealkylation sites (tertiary alicyclic amines) is 1. The van der Waals surface area contributed by atoms with Gasteiger partial charge in [0.15, 0.2) is 5.78 Å². The number of hydrogen-bond donors (Lipinski definition) is 2. The number of nitrogens with one attached hydrogen (secondary N) is 1. The molecule has 2 aromatic carbocycles. The molecule has 0 bridgehead atoms. The van der Waals surface area contributed by atoms with Crippen molar-refractivity contribution >= 4 is 25.1 Å². The van der Waals surface area contributed by atoms with Crippen molar-refractivity contribution in [2.45, 2.75) is 51.2 Å². The monoisotopic (exact) mass is 454 g/mol. The van der Waals surface area contributed by atoms with Gasteiger partial charge in [-0.2, -0.15) is 0 Å². The van der Waals surface area contributed by atoms with E-state index in [1.807, 2.05) is 36.4 Å². The van der Waals surface area contributed by atoms with E-state index in [4.69, 9.17) is 4.74 Å². The summed E-state index contributed by atoms with van der Waals surface area (Å²) in [5.41, 5.74) is 2.67. The molecule has 1 aliphatic heterocycles. The number of Topliss-reactive ketones (excluding diaryl/α,β-unsaturated/α-hetero) is 1. The molecular formula is C25H34N2O4Si. The maximum atomic E-state index is 13.3. The van der Waals surface area contributed by atoms with E-state index in [0.717, 1.165) is 16.7 Å². The number of aliphatic hydroxyl groups is 1. The second-order valence-electron chi connectivity index (χ2n) is 9.54. The fourth-order valence-electron chi connectivity index (χ4n) is 3.89. The predicted molar refractivity (Wildman–Crippen MR) is 129 cm³/mol. The van der Waals surface area contributed by atoms with Gasteiger partial charge in [0.1, 0.15) is 6.04 Å². The molecule has 3 rings (SSSR count). The van der Waals surface area contributed by atoms with Crippen molar-refractivity contribution in [2.75, 3.05) is 20.2 Å². The normalized spacial score (nSPS) is 17.3. The summed E-state index contributed by atoms with van der Waals surface area (Å²) in [7, 11) is 0.234. The highest BCUT2D eigenvalue weighted by atomic mass is 28.3. The molecule has 0 spiro atoms. The number of hydrogen-bond acceptors (Lipinski definition) is 4. The Bertz CT molecular complexity index is 922. The largest absolute Gasteiger partial charge is 0.391 e. The van der Waals surface area contributed by atoms with Crippen LogP contribution in [0.15, 0.2) is 48.5 Å². The summed E-state index contributed by atoms with van der Waals surface area (Å²) in [4.78, 5) is 27.7. The second kappa shape index (κ2) is 10.4. The van der Waals surface area contributed by atoms with Crippen LogP contribution in [-0.4, -0.2) is 56.2 Å². The van der Waals surface area contributed by atoms with E-state index >= 15 is 0 Å². The number of carbonyl (C=O) groups excluding carboxylic acids is 2. The zero-order chi connectivity index (χ0) is 23.3. The van der Waals surface area contributed by atoms with Gasteiger partial charge in [-0.15, -0.1) is 0 Å². The van der Waals surface area contributed by atoms with Gasteiger partial charge in [-0.25, -0.2) is 4.79 Å². The smallest absolute Gasteiger partial charge is 0.318 e. The summed E-state index contributed by atoms with van der Waals surface area (Å²) in [6.07, 6.45) is 0.286. The Balaban J connectivity index is 1.78. The van der Waals surface area contributed by atoms with Gasteiger partial charge in [0.2, 0.25) is 0 Å². The van der Waals surface area contributed by atoms with Crippen molar-refractivity contribution in [1.82, 2.24) is 10.2 Å². The minimum Gasteiger partial charge on any atom is -0.391 e. The SMILES string of the molecule is COCc1ccc(C(NC(=O)N2CCC(O)C2)C(=O)Cc2ccc([Si](C)(C)C)cc2)cc1. The van der Waals surface area contributed by atoms with Crippen LogP contribution in [0.4, 0.5) is 4.79 Å². The van der Waals surface area contributed by atoms with Gasteiger partial charge in [-0.3, -0.25) is 4.79 Å². The fourth-order valence-corrected chi connectivity index (χ4v) is 5.06. The lowest BCUT2D eigenvalue weighted by Gasteiger charge is -2.23. The van der Waals surface area contributed by atoms with Crippen LogP contribution in [0, 0.1) is 0 Å². The van der Waals surface area contributed by atoms with Crippen molar-refractivity contribution in [3.05, 3.63) is 65.2 Å². The predicted octanol–water partition coefficient (Wildman–Crippen LogP) is 3.01. The molecule has 2 amide bonds. The van der Waals surface area contributed by atoms with Crippen molar-refractivity contribution in [2.24, 2.45) is 0 Å². The van der Waals surface area contributed by atoms with E-state index in [1.165, 1.54) is 5.19 Å². The molecule has 172 valence electrons. The molecule has 2 N–H and O–H groups in total. The Morgan fingerprint density at radius 3 is 2.25 bits per heavy atom. The minimum atomic E-state index is -1.40. The van der Waals surface area contributed by atoms with Gasteiger partial charge in [0.05, 0.1) is 20.8 Å². The lowest BCUT2D eigenvalue weighted by atomic mass is 9.97. The number of β-amino-alcohol motifs (C(OH)–C–C–N with tert-alkyl or cyclic N) is 1. The van der Waals surface area contributed by atoms with Crippen molar-refractivity contribution in [1.29, 1.82) is 0 Å². The van der Waals surface area contributed by atoms with Gasteiger partial charge in [-0.1, -0.05) is 73.4 Å². The van der Waals surface area contributed by atoms with E-state index in [2.05, 4.69) is 37.1 Å². The Labute approximate surface area is 191 Å². The first-order valence-electron chi connectivity index (χ1n) is 11.1. The zero-order valence-electron chi connectivity index (χ0n) is 19.4. The van der Waals surface area contributed by atoms with Gasteiger partial charge in [-0.05, 0) is 23.1 Å². The van der Waals surface area contributed by atoms with E-state index in [0.29, 0.717) is 19.6 Å². The highest BCUT2D eigenvalue weighted by Crippen LogP contribution is 2.20. The first kappa shape index (κ1) is 24.2. The van der Waals surface area contributed by atoms with Crippen LogP contribution in [0.25, 0.3) is 0 Å². The number of amides is 2. The molecule has 1 fully saturated rings. The number of rotatable bonds is 8. The van der Waals surface area contributed by atoms with E-state index < -0.39 is 20.2 Å². The Hall–Kier alpha value is -2.48. The molecule has 1 heterocycles. The van der Waals surface area contributed by atoms with E-state index in [-0.39, 0.29) is 24.8 Å². The molecule has 32 heavy (non-hydrogen) atoms. The second-order valence-corrected chi connectivity index (χ2v) is 14.6. The number of ether oxygens (including phenoxy) is 1. The number of carbonyl (C=O) groups is 2. The third kappa shape index (κ3) is 6.28. The first-order chi connectivity index (χ1) is 15.2. The van der Waals surface area contributed by atoms with Crippen molar-refractivity contribution in [3.8, 4) is 0 Å². The number of ketones is 1. The summed E-state index contributed by atoms with van der Waals surface area (Å²) in [5.74, 6) is -0.0710.